The van der Waals surface area contributed by atoms with Gasteiger partial charge in [-0.2, -0.15) is 0 Å². The van der Waals surface area contributed by atoms with Crippen molar-refractivity contribution in [3.63, 3.8) is 0 Å². The number of imidazole rings is 1. The van der Waals surface area contributed by atoms with Gasteiger partial charge in [-0.25, -0.2) is 4.98 Å². The van der Waals surface area contributed by atoms with Crippen molar-refractivity contribution in [2.45, 2.75) is 13.0 Å². The van der Waals surface area contributed by atoms with Gasteiger partial charge in [0.1, 0.15) is 5.82 Å². The Bertz CT molecular complexity index is 453. The molecule has 0 bridgehead atoms. The Morgan fingerprint density at radius 2 is 2.13 bits per heavy atom. The Kier molecular flexibility index (Phi) is 3.18. The quantitative estimate of drug-likeness (QED) is 0.896. The first kappa shape index (κ1) is 10.4. The fourth-order valence-corrected chi connectivity index (χ4v) is 1.82. The van der Waals surface area contributed by atoms with Gasteiger partial charge >= 0.3 is 0 Å². The number of benzene rings is 1. The minimum Gasteiger partial charge on any atom is -0.390 e. The number of aromatic amines is 1. The molecule has 0 fully saturated rings. The number of aliphatic hydroxyl groups is 1. The number of rotatable bonds is 3. The van der Waals surface area contributed by atoms with Crippen LogP contribution in [0.3, 0.4) is 0 Å². The van der Waals surface area contributed by atoms with Crippen LogP contribution in [0.4, 0.5) is 0 Å². The second-order valence-electron chi connectivity index (χ2n) is 3.28. The number of hydrogen-bond donors (Lipinski definition) is 2. The summed E-state index contributed by atoms with van der Waals surface area (Å²) in [5.74, 6) is 0.867. The molecule has 0 aliphatic heterocycles. The maximum absolute atomic E-state index is 8.89. The van der Waals surface area contributed by atoms with Crippen LogP contribution in [0.15, 0.2) is 34.9 Å². The molecule has 1 aromatic heterocycles. The summed E-state index contributed by atoms with van der Waals surface area (Å²) >= 11 is 3.49. The van der Waals surface area contributed by atoms with Gasteiger partial charge in [0.2, 0.25) is 0 Å². The fraction of sp³-hybridized carbons (Fsp3) is 0.182. The van der Waals surface area contributed by atoms with E-state index in [1.165, 1.54) is 5.56 Å². The third kappa shape index (κ3) is 2.46. The summed E-state index contributed by atoms with van der Waals surface area (Å²) in [6, 6.07) is 8.03. The van der Waals surface area contributed by atoms with Crippen molar-refractivity contribution >= 4 is 15.9 Å². The van der Waals surface area contributed by atoms with Crippen molar-refractivity contribution in [1.29, 1.82) is 0 Å². The number of halogens is 1. The Hall–Kier alpha value is -1.13. The van der Waals surface area contributed by atoms with Crippen LogP contribution in [0.2, 0.25) is 0 Å². The highest BCUT2D eigenvalue weighted by Crippen LogP contribution is 2.18. The summed E-state index contributed by atoms with van der Waals surface area (Å²) in [7, 11) is 0. The first-order valence-electron chi connectivity index (χ1n) is 4.66. The van der Waals surface area contributed by atoms with Gasteiger partial charge in [0.05, 0.1) is 18.5 Å². The highest BCUT2D eigenvalue weighted by molar-refractivity contribution is 9.10. The molecule has 0 saturated carbocycles. The first-order valence-corrected chi connectivity index (χ1v) is 5.46. The Morgan fingerprint density at radius 3 is 2.80 bits per heavy atom. The summed E-state index contributed by atoms with van der Waals surface area (Å²) in [5, 5.41) is 8.89. The van der Waals surface area contributed by atoms with E-state index in [-0.39, 0.29) is 6.61 Å². The lowest BCUT2D eigenvalue weighted by Crippen LogP contribution is -1.92. The van der Waals surface area contributed by atoms with Gasteiger partial charge in [-0.05, 0) is 11.6 Å². The second-order valence-corrected chi connectivity index (χ2v) is 4.14. The summed E-state index contributed by atoms with van der Waals surface area (Å²) in [4.78, 5) is 7.24. The number of H-pyrrole nitrogens is 1. The van der Waals surface area contributed by atoms with E-state index in [1.807, 2.05) is 24.3 Å². The zero-order chi connectivity index (χ0) is 10.7. The molecular formula is C11H11BrN2O. The van der Waals surface area contributed by atoms with Gasteiger partial charge in [0.15, 0.2) is 0 Å². The monoisotopic (exact) mass is 266 g/mol. The molecule has 2 N–H and O–H groups in total. The minimum atomic E-state index is 0.00294. The summed E-state index contributed by atoms with van der Waals surface area (Å²) in [6.07, 6.45) is 2.40. The van der Waals surface area contributed by atoms with Crippen molar-refractivity contribution in [2.24, 2.45) is 0 Å². The van der Waals surface area contributed by atoms with Crippen LogP contribution in [0.25, 0.3) is 0 Å². The average molecular weight is 267 g/mol. The lowest BCUT2D eigenvalue weighted by atomic mass is 10.1. The minimum absolute atomic E-state index is 0.00294. The molecule has 3 nitrogen and oxygen atoms in total. The number of nitrogens with zero attached hydrogens (tertiary/aromatic N) is 1. The smallest absolute Gasteiger partial charge is 0.110 e. The van der Waals surface area contributed by atoms with Crippen molar-refractivity contribution in [1.82, 2.24) is 9.97 Å². The number of aliphatic hydroxyl groups excluding tert-OH is 1. The molecule has 1 heterocycles. The predicted molar refractivity (Wildman–Crippen MR) is 61.5 cm³/mol. The van der Waals surface area contributed by atoms with Gasteiger partial charge in [0.25, 0.3) is 0 Å². The Labute approximate surface area is 96.3 Å². The summed E-state index contributed by atoms with van der Waals surface area (Å²) in [5.41, 5.74) is 1.92. The normalized spacial score (nSPS) is 10.5. The van der Waals surface area contributed by atoms with Crippen molar-refractivity contribution in [2.75, 3.05) is 0 Å². The fourth-order valence-electron chi connectivity index (χ4n) is 1.40. The van der Waals surface area contributed by atoms with E-state index in [0.29, 0.717) is 0 Å². The van der Waals surface area contributed by atoms with Gasteiger partial charge in [-0.3, -0.25) is 0 Å². The molecule has 0 aliphatic rings. The molecule has 0 spiro atoms. The average Bonchev–Trinajstić information content (AvgIpc) is 2.69. The second kappa shape index (κ2) is 4.59. The summed E-state index contributed by atoms with van der Waals surface area (Å²) < 4.78 is 1.08. The first-order chi connectivity index (χ1) is 7.29. The molecule has 78 valence electrons. The summed E-state index contributed by atoms with van der Waals surface area (Å²) in [6.45, 7) is 0.00294. The number of aromatic nitrogens is 2. The maximum atomic E-state index is 8.89. The molecule has 0 radical (unpaired) electrons. The van der Waals surface area contributed by atoms with E-state index in [0.717, 1.165) is 22.4 Å². The largest absolute Gasteiger partial charge is 0.390 e. The Morgan fingerprint density at radius 1 is 1.33 bits per heavy atom. The molecular weight excluding hydrogens is 256 g/mol. The zero-order valence-electron chi connectivity index (χ0n) is 8.07. The molecule has 2 aromatic rings. The highest BCUT2D eigenvalue weighted by atomic mass is 79.9. The number of nitrogens with one attached hydrogen (secondary N) is 1. The van der Waals surface area contributed by atoms with E-state index in [1.54, 1.807) is 6.20 Å². The van der Waals surface area contributed by atoms with E-state index < -0.39 is 0 Å². The molecule has 2 rings (SSSR count). The Balaban J connectivity index is 2.18. The lowest BCUT2D eigenvalue weighted by Gasteiger charge is -2.01. The third-order valence-electron chi connectivity index (χ3n) is 2.17. The van der Waals surface area contributed by atoms with Crippen LogP contribution in [0.5, 0.6) is 0 Å². The molecule has 0 atom stereocenters. The van der Waals surface area contributed by atoms with Crippen LogP contribution in [-0.4, -0.2) is 15.1 Å². The van der Waals surface area contributed by atoms with Crippen molar-refractivity contribution in [3.8, 4) is 0 Å². The third-order valence-corrected chi connectivity index (χ3v) is 2.94. The van der Waals surface area contributed by atoms with E-state index in [9.17, 15) is 0 Å². The molecule has 1 aromatic carbocycles. The van der Waals surface area contributed by atoms with Crippen LogP contribution in [-0.2, 0) is 13.0 Å². The van der Waals surface area contributed by atoms with E-state index >= 15 is 0 Å². The van der Waals surface area contributed by atoms with Crippen LogP contribution >= 0.6 is 15.9 Å². The molecule has 15 heavy (non-hydrogen) atoms. The number of hydrogen-bond acceptors (Lipinski definition) is 2. The molecule has 0 aliphatic carbocycles. The van der Waals surface area contributed by atoms with Gasteiger partial charge in [-0.15, -0.1) is 0 Å². The van der Waals surface area contributed by atoms with Crippen LogP contribution in [0, 0.1) is 0 Å². The van der Waals surface area contributed by atoms with Crippen molar-refractivity contribution in [3.05, 3.63) is 52.0 Å². The molecule has 0 saturated heterocycles. The van der Waals surface area contributed by atoms with E-state index in [2.05, 4.69) is 25.9 Å². The predicted octanol–water partition coefficient (Wildman–Crippen LogP) is 2.26. The van der Waals surface area contributed by atoms with Crippen LogP contribution < -0.4 is 0 Å². The van der Waals surface area contributed by atoms with E-state index in [4.69, 9.17) is 5.11 Å². The molecule has 4 heteroatoms. The topological polar surface area (TPSA) is 48.9 Å². The SMILES string of the molecule is OCc1cnc(Cc2ccccc2Br)[nH]1. The van der Waals surface area contributed by atoms with Gasteiger partial charge < -0.3 is 10.1 Å². The van der Waals surface area contributed by atoms with Crippen molar-refractivity contribution < 1.29 is 5.11 Å². The standard InChI is InChI=1S/C11H11BrN2O/c12-10-4-2-1-3-8(10)5-11-13-6-9(7-15)14-11/h1-4,6,15H,5,7H2,(H,13,14). The zero-order valence-corrected chi connectivity index (χ0v) is 9.66. The van der Waals surface area contributed by atoms with Gasteiger partial charge in [-0.1, -0.05) is 34.1 Å². The van der Waals surface area contributed by atoms with Gasteiger partial charge in [0, 0.05) is 10.9 Å². The van der Waals surface area contributed by atoms with Crippen LogP contribution in [0.1, 0.15) is 17.1 Å². The maximum Gasteiger partial charge on any atom is 0.110 e. The highest BCUT2D eigenvalue weighted by Gasteiger charge is 2.03. The lowest BCUT2D eigenvalue weighted by molar-refractivity contribution is 0.277. The molecule has 0 unspecified atom stereocenters. The molecule has 0 amide bonds.